The molecule has 0 aromatic heterocycles. The van der Waals surface area contributed by atoms with E-state index in [2.05, 4.69) is 31.9 Å². The van der Waals surface area contributed by atoms with Gasteiger partial charge >= 0.3 is 5.97 Å². The number of nitrogens with zero attached hydrogens (tertiary/aromatic N) is 2. The number of nitrogens with one attached hydrogen (secondary N) is 6. The fourth-order valence-corrected chi connectivity index (χ4v) is 10.1. The number of aromatic hydroxyl groups is 2. The van der Waals surface area contributed by atoms with Crippen LogP contribution in [-0.4, -0.2) is 169 Å². The van der Waals surface area contributed by atoms with Crippen LogP contribution < -0.4 is 37.6 Å². The number of likely N-dealkylation sites (tertiary alicyclic amines) is 2. The fraction of sp³-hybridized carbons (Fsp3) is 0.526. The Morgan fingerprint density at radius 3 is 1.59 bits per heavy atom. The van der Waals surface area contributed by atoms with Gasteiger partial charge in [-0.25, -0.2) is 4.79 Å². The van der Waals surface area contributed by atoms with E-state index in [9.17, 15) is 63.6 Å². The number of rotatable bonds is 28. The maximum atomic E-state index is 14.7. The van der Waals surface area contributed by atoms with E-state index in [-0.39, 0.29) is 74.3 Å². The van der Waals surface area contributed by atoms with Gasteiger partial charge in [0.1, 0.15) is 59.8 Å². The van der Waals surface area contributed by atoms with E-state index < -0.39 is 108 Å². The molecule has 2 heterocycles. The molecule has 0 radical (unpaired) electrons. The summed E-state index contributed by atoms with van der Waals surface area (Å²) in [6.45, 7) is 9.03. The average molecular weight is 1130 g/mol. The molecule has 8 amide bonds. The van der Waals surface area contributed by atoms with E-state index in [0.717, 1.165) is 0 Å². The molecule has 22 nitrogen and oxygen atoms in total. The van der Waals surface area contributed by atoms with Crippen molar-refractivity contribution in [2.45, 2.75) is 153 Å². The first kappa shape index (κ1) is 63.6. The predicted octanol–water partition coefficient (Wildman–Crippen LogP) is 1.26. The zero-order valence-electron chi connectivity index (χ0n) is 46.3. The van der Waals surface area contributed by atoms with Crippen molar-refractivity contribution in [3.63, 3.8) is 0 Å². The number of thioether (sulfide) groups is 1. The minimum atomic E-state index is -1.71. The number of aliphatic carboxylic acids is 1. The molecular formula is C57H79N9O13S. The topological polar surface area (TPSA) is 339 Å². The molecule has 3 aromatic rings. The summed E-state index contributed by atoms with van der Waals surface area (Å²) in [5.74, 6) is -7.11. The van der Waals surface area contributed by atoms with Crippen molar-refractivity contribution in [2.75, 3.05) is 25.1 Å². The Morgan fingerprint density at radius 1 is 0.588 bits per heavy atom. The summed E-state index contributed by atoms with van der Waals surface area (Å²) in [6, 6.07) is 9.23. The summed E-state index contributed by atoms with van der Waals surface area (Å²) in [7, 11) is 0. The normalized spacial score (nSPS) is 18.2. The lowest BCUT2D eigenvalue weighted by molar-refractivity contribution is -0.147. The van der Waals surface area contributed by atoms with Crippen molar-refractivity contribution in [2.24, 2.45) is 17.6 Å². The second-order valence-corrected chi connectivity index (χ2v) is 22.3. The lowest BCUT2D eigenvalue weighted by atomic mass is 10.00. The molecule has 436 valence electrons. The highest BCUT2D eigenvalue weighted by Crippen LogP contribution is 2.27. The van der Waals surface area contributed by atoms with Gasteiger partial charge in [0, 0.05) is 32.4 Å². The molecular weight excluding hydrogens is 1050 g/mol. The first-order chi connectivity index (χ1) is 38.0. The SMILES string of the molecule is CSCC[C@H](NC(=O)[C@H](CC(C)C)NC(=O)[C@@H](NC(=O)[C@H](Cc1ccccc1)NC(=O)[C@H](Cc1ccc(O)cc1)NC(=O)[C@@H]1CCCN1C(=O)[C@@H]1CCCN1C(=O)[C@@H](N)C(C)C)[C@@H](C)O)C(=O)N[C@@H](Cc1ccc(O)cc1)C(=O)O. The van der Waals surface area contributed by atoms with E-state index in [4.69, 9.17) is 5.73 Å². The zero-order valence-corrected chi connectivity index (χ0v) is 47.1. The number of hydrogen-bond donors (Lipinski definition) is 11. The number of carbonyl (C=O) groups excluding carboxylic acids is 8. The molecule has 0 bridgehead atoms. The number of carbonyl (C=O) groups is 9. The van der Waals surface area contributed by atoms with Crippen LogP contribution in [0.2, 0.25) is 0 Å². The van der Waals surface area contributed by atoms with Gasteiger partial charge in [-0.15, -0.1) is 0 Å². The van der Waals surface area contributed by atoms with Crippen molar-refractivity contribution in [3.8, 4) is 11.5 Å². The summed E-state index contributed by atoms with van der Waals surface area (Å²) >= 11 is 1.38. The van der Waals surface area contributed by atoms with Crippen molar-refractivity contribution < 1.29 is 63.6 Å². The monoisotopic (exact) mass is 1130 g/mol. The standard InChI is InChI=1S/C57H79N9O13S/c1-32(2)28-41(50(71)59-40(24-27-80-6)49(70)63-44(57(78)79)31-37-18-22-39(69)23-19-37)62-54(75)48(34(5)67)64-52(73)43(29-35-12-8-7-9-13-35)60-51(72)42(30-36-16-20-38(68)21-17-36)61-53(74)45-14-10-25-65(45)55(76)46-15-11-26-66(46)56(77)47(58)33(3)4/h7-9,12-13,16-23,32-34,40-48,67-69H,10-11,14-15,24-31,58H2,1-6H3,(H,59,71)(H,60,72)(H,61,74)(H,62,75)(H,63,70)(H,64,73)(H,78,79)/t34-,40+,41+,42+,43+,44+,45+,46+,47+,48+/m1/s1. The lowest BCUT2D eigenvalue weighted by Gasteiger charge is -2.33. The van der Waals surface area contributed by atoms with Crippen molar-refractivity contribution in [1.82, 2.24) is 41.7 Å². The Morgan fingerprint density at radius 2 is 1.05 bits per heavy atom. The van der Waals surface area contributed by atoms with Crippen molar-refractivity contribution >= 4 is 65.0 Å². The highest BCUT2D eigenvalue weighted by molar-refractivity contribution is 7.98. The van der Waals surface area contributed by atoms with Gasteiger partial charge in [0.15, 0.2) is 0 Å². The number of phenols is 2. The largest absolute Gasteiger partial charge is 0.508 e. The molecule has 12 N–H and O–H groups in total. The molecule has 2 saturated heterocycles. The number of aliphatic hydroxyl groups is 1. The molecule has 80 heavy (non-hydrogen) atoms. The number of phenolic OH excluding ortho intramolecular Hbond substituents is 2. The average Bonchev–Trinajstić information content (AvgIpc) is 4.13. The Hall–Kier alpha value is -7.24. The predicted molar refractivity (Wildman–Crippen MR) is 299 cm³/mol. The molecule has 0 saturated carbocycles. The van der Waals surface area contributed by atoms with Gasteiger partial charge in [0.05, 0.1) is 12.1 Å². The smallest absolute Gasteiger partial charge is 0.326 e. The second kappa shape index (κ2) is 30.4. The summed E-state index contributed by atoms with van der Waals surface area (Å²) < 4.78 is 0. The van der Waals surface area contributed by atoms with Crippen LogP contribution in [0.3, 0.4) is 0 Å². The number of benzene rings is 3. The van der Waals surface area contributed by atoms with Crippen LogP contribution in [-0.2, 0) is 62.4 Å². The van der Waals surface area contributed by atoms with Crippen LogP contribution in [0.1, 0.15) is 89.8 Å². The van der Waals surface area contributed by atoms with Crippen molar-refractivity contribution in [3.05, 3.63) is 95.6 Å². The molecule has 5 rings (SSSR count). The molecule has 2 fully saturated rings. The highest BCUT2D eigenvalue weighted by atomic mass is 32.2. The number of aliphatic hydroxyl groups excluding tert-OH is 1. The third-order valence-electron chi connectivity index (χ3n) is 14.2. The van der Waals surface area contributed by atoms with Gasteiger partial charge in [0.2, 0.25) is 47.3 Å². The van der Waals surface area contributed by atoms with Gasteiger partial charge in [-0.3, -0.25) is 38.4 Å². The number of amides is 8. The molecule has 10 atom stereocenters. The van der Waals surface area contributed by atoms with Gasteiger partial charge in [-0.05, 0) is 110 Å². The van der Waals surface area contributed by atoms with Crippen LogP contribution in [0.15, 0.2) is 78.9 Å². The van der Waals surface area contributed by atoms with Crippen LogP contribution in [0, 0.1) is 11.8 Å². The van der Waals surface area contributed by atoms with Crippen LogP contribution in [0.5, 0.6) is 11.5 Å². The van der Waals surface area contributed by atoms with Crippen LogP contribution >= 0.6 is 11.8 Å². The zero-order chi connectivity index (χ0) is 58.8. The van der Waals surface area contributed by atoms with Crippen molar-refractivity contribution in [1.29, 1.82) is 0 Å². The van der Waals surface area contributed by atoms with Gasteiger partial charge in [-0.2, -0.15) is 11.8 Å². The Balaban J connectivity index is 1.35. The molecule has 0 spiro atoms. The maximum absolute atomic E-state index is 14.7. The third kappa shape index (κ3) is 18.4. The molecule has 0 unspecified atom stereocenters. The molecule has 2 aliphatic heterocycles. The van der Waals surface area contributed by atoms with E-state index in [0.29, 0.717) is 48.3 Å². The summed E-state index contributed by atoms with van der Waals surface area (Å²) in [6.07, 6.45) is 1.65. The quantitative estimate of drug-likeness (QED) is 0.0488. The first-order valence-electron chi connectivity index (χ1n) is 27.2. The van der Waals surface area contributed by atoms with Crippen LogP contribution in [0.25, 0.3) is 0 Å². The summed E-state index contributed by atoms with van der Waals surface area (Å²) in [4.78, 5) is 128. The number of carboxylic acids is 1. The summed E-state index contributed by atoms with van der Waals surface area (Å²) in [5.41, 5.74) is 7.84. The first-order valence-corrected chi connectivity index (χ1v) is 28.5. The number of hydrogen-bond acceptors (Lipinski definition) is 14. The van der Waals surface area contributed by atoms with Gasteiger partial charge in [0.25, 0.3) is 0 Å². The van der Waals surface area contributed by atoms with E-state index in [1.54, 1.807) is 62.6 Å². The Kier molecular flexibility index (Phi) is 24.1. The fourth-order valence-electron chi connectivity index (χ4n) is 9.68. The van der Waals surface area contributed by atoms with Gasteiger partial charge in [-0.1, -0.05) is 82.3 Å². The highest BCUT2D eigenvalue weighted by Gasteiger charge is 2.44. The van der Waals surface area contributed by atoms with Crippen LogP contribution in [0.4, 0.5) is 0 Å². The maximum Gasteiger partial charge on any atom is 0.326 e. The molecule has 23 heteroatoms. The van der Waals surface area contributed by atoms with E-state index >= 15 is 0 Å². The third-order valence-corrected chi connectivity index (χ3v) is 14.9. The minimum Gasteiger partial charge on any atom is -0.508 e. The minimum absolute atomic E-state index is 0.0250. The molecule has 3 aromatic carbocycles. The summed E-state index contributed by atoms with van der Waals surface area (Å²) in [5, 5.41) is 56.7. The molecule has 0 aliphatic carbocycles. The van der Waals surface area contributed by atoms with E-state index in [1.165, 1.54) is 64.9 Å². The molecule has 2 aliphatic rings. The second-order valence-electron chi connectivity index (χ2n) is 21.4. The Labute approximate surface area is 471 Å². The lowest BCUT2D eigenvalue weighted by Crippen LogP contribution is -2.62. The van der Waals surface area contributed by atoms with Gasteiger partial charge < -0.3 is 67.9 Å². The number of nitrogens with two attached hydrogens (primary N) is 1. The number of carboxylic acid groups (broad SMARTS) is 1. The Bertz CT molecular complexity index is 2610. The van der Waals surface area contributed by atoms with E-state index in [1.807, 2.05) is 13.8 Å².